The van der Waals surface area contributed by atoms with Crippen LogP contribution in [0.25, 0.3) is 17.3 Å². The molecule has 0 atom stereocenters. The van der Waals surface area contributed by atoms with Crippen LogP contribution in [0.15, 0.2) is 36.9 Å². The van der Waals surface area contributed by atoms with Gasteiger partial charge in [0.05, 0.1) is 18.1 Å². The summed E-state index contributed by atoms with van der Waals surface area (Å²) in [5, 5.41) is 11.9. The highest BCUT2D eigenvalue weighted by Crippen LogP contribution is 2.19. The molecule has 2 aromatic rings. The minimum atomic E-state index is -1.01. The Labute approximate surface area is 140 Å². The van der Waals surface area contributed by atoms with Crippen LogP contribution in [0.5, 0.6) is 0 Å². The van der Waals surface area contributed by atoms with Gasteiger partial charge in [-0.25, -0.2) is 9.78 Å². The van der Waals surface area contributed by atoms with Gasteiger partial charge in [0.1, 0.15) is 5.82 Å². The highest BCUT2D eigenvalue weighted by molar-refractivity contribution is 5.85. The molecule has 7 nitrogen and oxygen atoms in total. The lowest BCUT2D eigenvalue weighted by Gasteiger charge is -2.22. The number of carboxylic acid groups (broad SMARTS) is 1. The highest BCUT2D eigenvalue weighted by atomic mass is 16.4. The molecule has 0 unspecified atom stereocenters. The summed E-state index contributed by atoms with van der Waals surface area (Å²) in [6, 6.07) is 1.81. The molecule has 0 aliphatic heterocycles. The number of aromatic nitrogens is 3. The molecule has 2 aromatic heterocycles. The van der Waals surface area contributed by atoms with Crippen molar-refractivity contribution in [2.45, 2.75) is 13.8 Å². The predicted molar refractivity (Wildman–Crippen MR) is 93.3 cm³/mol. The van der Waals surface area contributed by atoms with Crippen LogP contribution in [-0.2, 0) is 4.79 Å². The minimum Gasteiger partial charge on any atom is -0.478 e. The van der Waals surface area contributed by atoms with Crippen molar-refractivity contribution in [1.29, 1.82) is 0 Å². The third kappa shape index (κ3) is 5.13. The lowest BCUT2D eigenvalue weighted by molar-refractivity contribution is -0.131. The number of nitrogens with two attached hydrogens (primary N) is 1. The van der Waals surface area contributed by atoms with Crippen LogP contribution in [0.4, 0.5) is 5.82 Å². The largest absolute Gasteiger partial charge is 0.478 e. The van der Waals surface area contributed by atoms with E-state index >= 15 is 0 Å². The van der Waals surface area contributed by atoms with E-state index in [9.17, 15) is 4.79 Å². The van der Waals surface area contributed by atoms with Crippen molar-refractivity contribution in [3.63, 3.8) is 0 Å². The van der Waals surface area contributed by atoms with Crippen LogP contribution < -0.4 is 11.1 Å². The van der Waals surface area contributed by atoms with E-state index in [1.165, 1.54) is 6.08 Å². The van der Waals surface area contributed by atoms with Gasteiger partial charge < -0.3 is 16.2 Å². The molecule has 2 heterocycles. The average Bonchev–Trinajstić information content (AvgIpc) is 2.59. The molecule has 0 aliphatic rings. The molecule has 126 valence electrons. The molecule has 2 rings (SSSR count). The fraction of sp³-hybridized carbons (Fsp3) is 0.294. The Balaban J connectivity index is 2.19. The number of anilines is 1. The van der Waals surface area contributed by atoms with Gasteiger partial charge in [0.2, 0.25) is 0 Å². The molecule has 0 amide bonds. The smallest absolute Gasteiger partial charge is 0.328 e. The quantitative estimate of drug-likeness (QED) is 0.667. The van der Waals surface area contributed by atoms with Crippen molar-refractivity contribution in [2.75, 3.05) is 18.4 Å². The molecule has 0 bridgehead atoms. The molecule has 24 heavy (non-hydrogen) atoms. The molecular formula is C17H21N5O2. The van der Waals surface area contributed by atoms with E-state index in [-0.39, 0.29) is 5.41 Å². The van der Waals surface area contributed by atoms with E-state index in [1.807, 2.05) is 6.07 Å². The number of nitrogens with one attached hydrogen (secondary N) is 1. The molecule has 0 fully saturated rings. The van der Waals surface area contributed by atoms with Gasteiger partial charge in [-0.05, 0) is 29.7 Å². The van der Waals surface area contributed by atoms with Crippen molar-refractivity contribution in [2.24, 2.45) is 11.1 Å². The topological polar surface area (TPSA) is 114 Å². The van der Waals surface area contributed by atoms with E-state index in [1.54, 1.807) is 24.8 Å². The maximum atomic E-state index is 10.6. The first kappa shape index (κ1) is 17.6. The van der Waals surface area contributed by atoms with E-state index in [0.29, 0.717) is 30.2 Å². The molecular weight excluding hydrogens is 306 g/mol. The highest BCUT2D eigenvalue weighted by Gasteiger charge is 2.15. The zero-order valence-electron chi connectivity index (χ0n) is 13.7. The van der Waals surface area contributed by atoms with Crippen LogP contribution in [0.3, 0.4) is 0 Å². The number of carbonyl (C=O) groups is 1. The van der Waals surface area contributed by atoms with Gasteiger partial charge in [0, 0.05) is 30.6 Å². The summed E-state index contributed by atoms with van der Waals surface area (Å²) in [6.07, 6.45) is 9.09. The first-order chi connectivity index (χ1) is 11.4. The Kier molecular flexibility index (Phi) is 5.59. The van der Waals surface area contributed by atoms with Crippen molar-refractivity contribution in [3.05, 3.63) is 42.5 Å². The van der Waals surface area contributed by atoms with Gasteiger partial charge in [-0.3, -0.25) is 9.97 Å². The zero-order valence-corrected chi connectivity index (χ0v) is 13.7. The van der Waals surface area contributed by atoms with Gasteiger partial charge in [0.25, 0.3) is 0 Å². The fourth-order valence-corrected chi connectivity index (χ4v) is 1.85. The fourth-order valence-electron chi connectivity index (χ4n) is 1.85. The normalized spacial score (nSPS) is 11.6. The van der Waals surface area contributed by atoms with Crippen LogP contribution >= 0.6 is 0 Å². The Morgan fingerprint density at radius 1 is 1.29 bits per heavy atom. The summed E-state index contributed by atoms with van der Waals surface area (Å²) >= 11 is 0. The van der Waals surface area contributed by atoms with E-state index < -0.39 is 5.97 Å². The molecule has 0 saturated carbocycles. The second-order valence-corrected chi connectivity index (χ2v) is 6.19. The summed E-state index contributed by atoms with van der Waals surface area (Å²) in [4.78, 5) is 23.4. The Bertz CT molecular complexity index is 743. The average molecular weight is 327 g/mol. The monoisotopic (exact) mass is 327 g/mol. The Morgan fingerprint density at radius 2 is 2.04 bits per heavy atom. The van der Waals surface area contributed by atoms with Crippen molar-refractivity contribution < 1.29 is 9.90 Å². The van der Waals surface area contributed by atoms with Crippen LogP contribution in [0, 0.1) is 5.41 Å². The van der Waals surface area contributed by atoms with E-state index in [2.05, 4.69) is 34.1 Å². The van der Waals surface area contributed by atoms with E-state index in [0.717, 1.165) is 11.6 Å². The second kappa shape index (κ2) is 7.65. The van der Waals surface area contributed by atoms with E-state index in [4.69, 9.17) is 10.8 Å². The first-order valence-electron chi connectivity index (χ1n) is 7.52. The third-order valence-electron chi connectivity index (χ3n) is 3.41. The van der Waals surface area contributed by atoms with Gasteiger partial charge in [-0.15, -0.1) is 0 Å². The Morgan fingerprint density at radius 3 is 2.75 bits per heavy atom. The summed E-state index contributed by atoms with van der Waals surface area (Å²) in [5.41, 5.74) is 7.78. The van der Waals surface area contributed by atoms with Gasteiger partial charge in [-0.2, -0.15) is 0 Å². The Hall–Kier alpha value is -2.80. The van der Waals surface area contributed by atoms with Crippen LogP contribution in [-0.4, -0.2) is 39.1 Å². The van der Waals surface area contributed by atoms with Gasteiger partial charge >= 0.3 is 5.97 Å². The zero-order chi connectivity index (χ0) is 17.6. The van der Waals surface area contributed by atoms with Gasteiger partial charge in [-0.1, -0.05) is 13.8 Å². The lowest BCUT2D eigenvalue weighted by atomic mass is 9.94. The molecule has 0 aromatic carbocycles. The standard InChI is InChI=1S/C17H21N5O2/c1-17(2,10-18)11-21-15-9-20-8-14(22-15)13-5-12(6-19-7-13)3-4-16(23)24/h3-9H,10-11,18H2,1-2H3,(H,21,22)(H,23,24). The first-order valence-corrected chi connectivity index (χ1v) is 7.52. The predicted octanol–water partition coefficient (Wildman–Crippen LogP) is 2.03. The van der Waals surface area contributed by atoms with Crippen molar-refractivity contribution >= 4 is 17.9 Å². The number of nitrogens with zero attached hydrogens (tertiary/aromatic N) is 3. The van der Waals surface area contributed by atoms with Crippen molar-refractivity contribution in [1.82, 2.24) is 15.0 Å². The summed E-state index contributed by atoms with van der Waals surface area (Å²) in [6.45, 7) is 5.38. The summed E-state index contributed by atoms with van der Waals surface area (Å²) in [5.74, 6) is -0.352. The van der Waals surface area contributed by atoms with Crippen molar-refractivity contribution in [3.8, 4) is 11.3 Å². The summed E-state index contributed by atoms with van der Waals surface area (Å²) in [7, 11) is 0. The number of pyridine rings is 1. The second-order valence-electron chi connectivity index (χ2n) is 6.19. The van der Waals surface area contributed by atoms with Crippen LogP contribution in [0.2, 0.25) is 0 Å². The lowest BCUT2D eigenvalue weighted by Crippen LogP contribution is -2.31. The maximum absolute atomic E-state index is 10.6. The molecule has 0 spiro atoms. The number of carboxylic acids is 1. The van der Waals surface area contributed by atoms with Gasteiger partial charge in [0.15, 0.2) is 0 Å². The number of rotatable bonds is 7. The molecule has 0 radical (unpaired) electrons. The number of aliphatic carboxylic acids is 1. The molecule has 0 aliphatic carbocycles. The van der Waals surface area contributed by atoms with Crippen LogP contribution in [0.1, 0.15) is 19.4 Å². The minimum absolute atomic E-state index is 0.0409. The summed E-state index contributed by atoms with van der Waals surface area (Å²) < 4.78 is 0. The number of hydrogen-bond donors (Lipinski definition) is 3. The number of hydrogen-bond acceptors (Lipinski definition) is 6. The molecule has 4 N–H and O–H groups in total. The SMILES string of the molecule is CC(C)(CN)CNc1cncc(-c2cncc(C=CC(=O)O)c2)n1. The third-order valence-corrected chi connectivity index (χ3v) is 3.41. The molecule has 0 saturated heterocycles. The maximum Gasteiger partial charge on any atom is 0.328 e. The molecule has 7 heteroatoms.